The largest absolute Gasteiger partial charge is 0.458 e. The van der Waals surface area contributed by atoms with Crippen molar-refractivity contribution in [3.63, 3.8) is 0 Å². The molecular formula is C17H23N3O3. The van der Waals surface area contributed by atoms with E-state index in [0.717, 1.165) is 30.2 Å². The normalized spacial score (nSPS) is 18.3. The van der Waals surface area contributed by atoms with Gasteiger partial charge in [-0.15, -0.1) is 0 Å². The van der Waals surface area contributed by atoms with Crippen molar-refractivity contribution in [3.8, 4) is 11.6 Å². The first-order valence-electron chi connectivity index (χ1n) is 8.14. The van der Waals surface area contributed by atoms with E-state index in [-0.39, 0.29) is 12.0 Å². The molecule has 1 amide bonds. The van der Waals surface area contributed by atoms with Gasteiger partial charge in [-0.2, -0.15) is 0 Å². The van der Waals surface area contributed by atoms with Crippen molar-refractivity contribution < 1.29 is 13.9 Å². The second kappa shape index (κ2) is 7.00. The van der Waals surface area contributed by atoms with Crippen LogP contribution in [0, 0.1) is 0 Å². The lowest BCUT2D eigenvalue weighted by atomic mass is 10.2. The molecule has 1 atom stereocenters. The Morgan fingerprint density at radius 2 is 2.30 bits per heavy atom. The van der Waals surface area contributed by atoms with Crippen LogP contribution in [0.3, 0.4) is 0 Å². The van der Waals surface area contributed by atoms with Gasteiger partial charge in [0.1, 0.15) is 5.76 Å². The summed E-state index contributed by atoms with van der Waals surface area (Å²) in [6.45, 7) is 6.25. The predicted octanol–water partition coefficient (Wildman–Crippen LogP) is 2.34. The number of aryl methyl sites for hydroxylation is 1. The number of morpholine rings is 1. The molecule has 3 rings (SSSR count). The minimum absolute atomic E-state index is 0.0225. The molecule has 0 spiro atoms. The van der Waals surface area contributed by atoms with E-state index in [0.29, 0.717) is 26.2 Å². The summed E-state index contributed by atoms with van der Waals surface area (Å²) >= 11 is 0. The van der Waals surface area contributed by atoms with Gasteiger partial charge in [0.25, 0.3) is 0 Å². The molecule has 1 aliphatic rings. The summed E-state index contributed by atoms with van der Waals surface area (Å²) in [5, 5.41) is 0. The number of carbonyl (C=O) groups is 1. The van der Waals surface area contributed by atoms with Gasteiger partial charge < -0.3 is 18.6 Å². The van der Waals surface area contributed by atoms with E-state index < -0.39 is 0 Å². The number of nitrogens with zero attached hydrogens (tertiary/aromatic N) is 3. The number of ether oxygens (including phenoxy) is 1. The van der Waals surface area contributed by atoms with E-state index in [4.69, 9.17) is 9.15 Å². The monoisotopic (exact) mass is 317 g/mol. The highest BCUT2D eigenvalue weighted by Crippen LogP contribution is 2.22. The molecule has 0 saturated carbocycles. The third kappa shape index (κ3) is 3.64. The summed E-state index contributed by atoms with van der Waals surface area (Å²) < 4.78 is 13.7. The molecule has 6 nitrogen and oxygen atoms in total. The third-order valence-electron chi connectivity index (χ3n) is 4.08. The average molecular weight is 317 g/mol. The van der Waals surface area contributed by atoms with Gasteiger partial charge in [-0.3, -0.25) is 4.79 Å². The van der Waals surface area contributed by atoms with E-state index >= 15 is 0 Å². The van der Waals surface area contributed by atoms with Crippen molar-refractivity contribution in [2.24, 2.45) is 0 Å². The van der Waals surface area contributed by atoms with Gasteiger partial charge >= 0.3 is 0 Å². The molecule has 2 aromatic heterocycles. The van der Waals surface area contributed by atoms with E-state index in [1.807, 2.05) is 27.8 Å². The Hall–Kier alpha value is -2.08. The Labute approximate surface area is 136 Å². The Morgan fingerprint density at radius 1 is 1.43 bits per heavy atom. The van der Waals surface area contributed by atoms with Crippen molar-refractivity contribution in [2.75, 3.05) is 19.7 Å². The van der Waals surface area contributed by atoms with E-state index in [9.17, 15) is 4.79 Å². The van der Waals surface area contributed by atoms with Crippen LogP contribution in [-0.4, -0.2) is 46.2 Å². The zero-order chi connectivity index (χ0) is 16.2. The van der Waals surface area contributed by atoms with Crippen molar-refractivity contribution in [1.29, 1.82) is 0 Å². The van der Waals surface area contributed by atoms with Gasteiger partial charge in [0.2, 0.25) is 5.91 Å². The molecule has 0 unspecified atom stereocenters. The van der Waals surface area contributed by atoms with E-state index in [2.05, 4.69) is 11.9 Å². The molecule has 0 radical (unpaired) electrons. The lowest BCUT2D eigenvalue weighted by Gasteiger charge is -2.32. The number of hydrogen-bond acceptors (Lipinski definition) is 4. The minimum Gasteiger partial charge on any atom is -0.458 e. The van der Waals surface area contributed by atoms with Crippen LogP contribution in [0.2, 0.25) is 0 Å². The maximum Gasteiger partial charge on any atom is 0.219 e. The predicted molar refractivity (Wildman–Crippen MR) is 85.9 cm³/mol. The SMILES string of the molecule is CCCc1ccc(-c2nccn2C[C@H]2CN(C(C)=O)CCO2)o1. The average Bonchev–Trinajstić information content (AvgIpc) is 3.17. The summed E-state index contributed by atoms with van der Waals surface area (Å²) in [6, 6.07) is 3.97. The molecule has 0 aliphatic carbocycles. The van der Waals surface area contributed by atoms with Crippen LogP contribution in [0.15, 0.2) is 28.9 Å². The van der Waals surface area contributed by atoms with Crippen molar-refractivity contribution in [1.82, 2.24) is 14.5 Å². The molecule has 1 saturated heterocycles. The van der Waals surface area contributed by atoms with Crippen LogP contribution in [-0.2, 0) is 22.5 Å². The Kier molecular flexibility index (Phi) is 4.81. The zero-order valence-corrected chi connectivity index (χ0v) is 13.7. The molecule has 3 heterocycles. The Balaban J connectivity index is 1.71. The summed E-state index contributed by atoms with van der Waals surface area (Å²) in [7, 11) is 0. The first-order chi connectivity index (χ1) is 11.2. The summed E-state index contributed by atoms with van der Waals surface area (Å²) in [5.41, 5.74) is 0. The van der Waals surface area contributed by atoms with Crippen LogP contribution in [0.5, 0.6) is 0 Å². The molecule has 1 fully saturated rings. The summed E-state index contributed by atoms with van der Waals surface area (Å²) in [6.07, 6.45) is 5.65. The fourth-order valence-corrected chi connectivity index (χ4v) is 2.90. The van der Waals surface area contributed by atoms with Crippen molar-refractivity contribution in [3.05, 3.63) is 30.3 Å². The molecule has 0 aromatic carbocycles. The summed E-state index contributed by atoms with van der Waals surface area (Å²) in [5.74, 6) is 2.65. The highest BCUT2D eigenvalue weighted by atomic mass is 16.5. The highest BCUT2D eigenvalue weighted by molar-refractivity contribution is 5.73. The maximum absolute atomic E-state index is 11.5. The van der Waals surface area contributed by atoms with Crippen LogP contribution in [0.1, 0.15) is 26.0 Å². The molecule has 2 aromatic rings. The number of furan rings is 1. The van der Waals surface area contributed by atoms with Gasteiger partial charge in [0.05, 0.1) is 19.3 Å². The molecule has 0 N–H and O–H groups in total. The molecule has 0 bridgehead atoms. The topological polar surface area (TPSA) is 60.5 Å². The van der Waals surface area contributed by atoms with Crippen LogP contribution < -0.4 is 0 Å². The summed E-state index contributed by atoms with van der Waals surface area (Å²) in [4.78, 5) is 17.8. The van der Waals surface area contributed by atoms with E-state index in [1.54, 1.807) is 13.1 Å². The van der Waals surface area contributed by atoms with Gasteiger partial charge in [-0.25, -0.2) is 4.98 Å². The number of hydrogen-bond donors (Lipinski definition) is 0. The Morgan fingerprint density at radius 3 is 3.09 bits per heavy atom. The standard InChI is InChI=1S/C17H23N3O3/c1-3-4-14-5-6-16(23-14)17-18-7-8-20(17)12-15-11-19(13(2)21)9-10-22-15/h5-8,15H,3-4,9-12H2,1-2H3/t15-/m1/s1. The zero-order valence-electron chi connectivity index (χ0n) is 13.7. The lowest BCUT2D eigenvalue weighted by Crippen LogP contribution is -2.46. The lowest BCUT2D eigenvalue weighted by molar-refractivity contribution is -0.136. The van der Waals surface area contributed by atoms with Gasteiger partial charge in [-0.05, 0) is 18.6 Å². The number of imidazole rings is 1. The smallest absolute Gasteiger partial charge is 0.219 e. The molecular weight excluding hydrogens is 294 g/mol. The fraction of sp³-hybridized carbons (Fsp3) is 0.529. The van der Waals surface area contributed by atoms with Crippen molar-refractivity contribution >= 4 is 5.91 Å². The first-order valence-corrected chi connectivity index (χ1v) is 8.14. The molecule has 124 valence electrons. The Bertz CT molecular complexity index is 662. The second-order valence-corrected chi connectivity index (χ2v) is 5.88. The first kappa shape index (κ1) is 15.8. The number of aromatic nitrogens is 2. The molecule has 23 heavy (non-hydrogen) atoms. The molecule has 1 aliphatic heterocycles. The maximum atomic E-state index is 11.5. The number of carbonyl (C=O) groups excluding carboxylic acids is 1. The molecule has 6 heteroatoms. The highest BCUT2D eigenvalue weighted by Gasteiger charge is 2.23. The van der Waals surface area contributed by atoms with Crippen molar-refractivity contribution in [2.45, 2.75) is 39.3 Å². The number of amides is 1. The number of rotatable bonds is 5. The van der Waals surface area contributed by atoms with Crippen LogP contribution in [0.25, 0.3) is 11.6 Å². The van der Waals surface area contributed by atoms with Crippen LogP contribution >= 0.6 is 0 Å². The van der Waals surface area contributed by atoms with Gasteiger partial charge in [0, 0.05) is 38.8 Å². The van der Waals surface area contributed by atoms with Gasteiger partial charge in [-0.1, -0.05) is 6.92 Å². The third-order valence-corrected chi connectivity index (χ3v) is 4.08. The minimum atomic E-state index is -0.0225. The van der Waals surface area contributed by atoms with E-state index in [1.165, 1.54) is 0 Å². The second-order valence-electron chi connectivity index (χ2n) is 5.88. The van der Waals surface area contributed by atoms with Crippen LogP contribution in [0.4, 0.5) is 0 Å². The quantitative estimate of drug-likeness (QED) is 0.849. The fourth-order valence-electron chi connectivity index (χ4n) is 2.90. The van der Waals surface area contributed by atoms with Gasteiger partial charge in [0.15, 0.2) is 11.6 Å².